The van der Waals surface area contributed by atoms with Crippen molar-refractivity contribution in [2.45, 2.75) is 38.5 Å². The summed E-state index contributed by atoms with van der Waals surface area (Å²) in [5, 5.41) is 37.1. The summed E-state index contributed by atoms with van der Waals surface area (Å²) in [6, 6.07) is 7.55. The highest BCUT2D eigenvalue weighted by atomic mass is 16.5. The molecule has 0 saturated heterocycles. The second-order valence-corrected chi connectivity index (χ2v) is 6.16. The summed E-state index contributed by atoms with van der Waals surface area (Å²) in [6.07, 6.45) is 3.01. The summed E-state index contributed by atoms with van der Waals surface area (Å²) < 4.78 is 10.1. The van der Waals surface area contributed by atoms with Gasteiger partial charge in [-0.1, -0.05) is 12.8 Å². The van der Waals surface area contributed by atoms with E-state index in [2.05, 4.69) is 0 Å². The highest BCUT2D eigenvalue weighted by Crippen LogP contribution is 2.29. The summed E-state index contributed by atoms with van der Waals surface area (Å²) in [5.74, 6) is -1.89. The van der Waals surface area contributed by atoms with Crippen molar-refractivity contribution < 1.29 is 39.5 Å². The molecule has 0 aliphatic carbocycles. The van der Waals surface area contributed by atoms with Gasteiger partial charge in [-0.3, -0.25) is 9.59 Å². The molecule has 0 fully saturated rings. The van der Waals surface area contributed by atoms with Gasteiger partial charge in [0.1, 0.15) is 11.5 Å². The van der Waals surface area contributed by atoms with Gasteiger partial charge in [0, 0.05) is 25.0 Å². The summed E-state index contributed by atoms with van der Waals surface area (Å²) in [6.45, 7) is 0. The van der Waals surface area contributed by atoms with Gasteiger partial charge in [-0.25, -0.2) is 0 Å². The Morgan fingerprint density at radius 2 is 1.00 bits per heavy atom. The number of aromatic hydroxyl groups is 4. The molecule has 0 heterocycles. The molecule has 2 rings (SSSR count). The van der Waals surface area contributed by atoms with Crippen molar-refractivity contribution in [3.8, 4) is 34.5 Å². The van der Waals surface area contributed by atoms with E-state index < -0.39 is 11.9 Å². The SMILES string of the molecule is O=C(CCCCCCC(=O)Oc1ccc(O)c(O)c1)Oc1ccc(O)c(O)c1. The molecule has 0 bridgehead atoms. The number of unbranched alkanes of at least 4 members (excludes halogenated alkanes) is 3. The van der Waals surface area contributed by atoms with Crippen LogP contribution in [0.4, 0.5) is 0 Å². The molecule has 0 amide bonds. The van der Waals surface area contributed by atoms with Crippen molar-refractivity contribution in [2.75, 3.05) is 0 Å². The van der Waals surface area contributed by atoms with Gasteiger partial charge in [0.2, 0.25) is 0 Å². The zero-order valence-electron chi connectivity index (χ0n) is 15.1. The van der Waals surface area contributed by atoms with Gasteiger partial charge in [0.15, 0.2) is 23.0 Å². The van der Waals surface area contributed by atoms with Gasteiger partial charge in [-0.2, -0.15) is 0 Å². The van der Waals surface area contributed by atoms with Gasteiger partial charge in [0.05, 0.1) is 0 Å². The first-order valence-electron chi connectivity index (χ1n) is 8.80. The van der Waals surface area contributed by atoms with E-state index in [0.29, 0.717) is 12.8 Å². The lowest BCUT2D eigenvalue weighted by atomic mass is 10.1. The zero-order valence-corrected chi connectivity index (χ0v) is 15.1. The fourth-order valence-corrected chi connectivity index (χ4v) is 2.39. The molecule has 150 valence electrons. The Kier molecular flexibility index (Phi) is 7.50. The van der Waals surface area contributed by atoms with E-state index in [1.165, 1.54) is 24.3 Å². The molecule has 0 aliphatic rings. The van der Waals surface area contributed by atoms with Crippen molar-refractivity contribution in [2.24, 2.45) is 0 Å². The van der Waals surface area contributed by atoms with E-state index in [9.17, 15) is 30.0 Å². The van der Waals surface area contributed by atoms with Crippen LogP contribution < -0.4 is 9.47 Å². The molecule has 0 aliphatic heterocycles. The molecule has 0 atom stereocenters. The molecule has 4 N–H and O–H groups in total. The molecular formula is C20H22O8. The van der Waals surface area contributed by atoms with E-state index in [-0.39, 0.29) is 47.3 Å². The number of phenolic OH excluding ortho intramolecular Hbond substituents is 4. The lowest BCUT2D eigenvalue weighted by Crippen LogP contribution is -2.08. The van der Waals surface area contributed by atoms with Crippen LogP contribution in [0, 0.1) is 0 Å². The van der Waals surface area contributed by atoms with Gasteiger partial charge >= 0.3 is 11.9 Å². The van der Waals surface area contributed by atoms with E-state index in [1.807, 2.05) is 0 Å². The maximum Gasteiger partial charge on any atom is 0.311 e. The number of carbonyl (C=O) groups is 2. The van der Waals surface area contributed by atoms with Crippen LogP contribution in [0.15, 0.2) is 36.4 Å². The first-order valence-corrected chi connectivity index (χ1v) is 8.80. The first-order chi connectivity index (χ1) is 13.3. The van der Waals surface area contributed by atoms with E-state index in [1.54, 1.807) is 0 Å². The van der Waals surface area contributed by atoms with Crippen LogP contribution in [0.5, 0.6) is 34.5 Å². The number of ether oxygens (including phenoxy) is 2. The molecule has 8 nitrogen and oxygen atoms in total. The standard InChI is InChI=1S/C20H22O8/c21-15-9-7-13(11-17(15)23)27-19(25)5-3-1-2-4-6-20(26)28-14-8-10-16(22)18(24)12-14/h7-12,21-24H,1-6H2. The van der Waals surface area contributed by atoms with Crippen LogP contribution in [-0.2, 0) is 9.59 Å². The molecule has 28 heavy (non-hydrogen) atoms. The quantitative estimate of drug-likeness (QED) is 0.222. The number of rotatable bonds is 9. The average molecular weight is 390 g/mol. The maximum atomic E-state index is 11.7. The molecule has 2 aromatic rings. The minimum atomic E-state index is -0.448. The van der Waals surface area contributed by atoms with Crippen LogP contribution in [0.1, 0.15) is 38.5 Å². The number of benzene rings is 2. The Balaban J connectivity index is 1.58. The second kappa shape index (κ2) is 10.1. The van der Waals surface area contributed by atoms with Crippen LogP contribution in [0.2, 0.25) is 0 Å². The van der Waals surface area contributed by atoms with Crippen molar-refractivity contribution in [1.29, 1.82) is 0 Å². The van der Waals surface area contributed by atoms with Crippen molar-refractivity contribution >= 4 is 11.9 Å². The Morgan fingerprint density at radius 1 is 0.607 bits per heavy atom. The minimum Gasteiger partial charge on any atom is -0.504 e. The molecular weight excluding hydrogens is 368 g/mol. The molecule has 0 aromatic heterocycles. The molecule has 0 spiro atoms. The Hall–Kier alpha value is -3.42. The lowest BCUT2D eigenvalue weighted by Gasteiger charge is -2.06. The predicted molar refractivity (Wildman–Crippen MR) is 98.5 cm³/mol. The number of phenols is 4. The van der Waals surface area contributed by atoms with Gasteiger partial charge in [-0.15, -0.1) is 0 Å². The van der Waals surface area contributed by atoms with E-state index in [0.717, 1.165) is 25.0 Å². The Bertz CT molecular complexity index is 761. The molecule has 0 saturated carbocycles. The van der Waals surface area contributed by atoms with Crippen molar-refractivity contribution in [1.82, 2.24) is 0 Å². The number of esters is 2. The van der Waals surface area contributed by atoms with E-state index in [4.69, 9.17) is 9.47 Å². The smallest absolute Gasteiger partial charge is 0.311 e. The molecule has 0 radical (unpaired) electrons. The molecule has 8 heteroatoms. The lowest BCUT2D eigenvalue weighted by molar-refractivity contribution is -0.135. The van der Waals surface area contributed by atoms with Crippen LogP contribution >= 0.6 is 0 Å². The normalized spacial score (nSPS) is 10.4. The van der Waals surface area contributed by atoms with Crippen molar-refractivity contribution in [3.63, 3.8) is 0 Å². The van der Waals surface area contributed by atoms with Crippen molar-refractivity contribution in [3.05, 3.63) is 36.4 Å². The van der Waals surface area contributed by atoms with Gasteiger partial charge in [0.25, 0.3) is 0 Å². The predicted octanol–water partition coefficient (Wildman–Crippen LogP) is 3.36. The highest BCUT2D eigenvalue weighted by molar-refractivity contribution is 5.73. The third-order valence-electron chi connectivity index (χ3n) is 3.87. The monoisotopic (exact) mass is 390 g/mol. The largest absolute Gasteiger partial charge is 0.504 e. The second-order valence-electron chi connectivity index (χ2n) is 6.16. The first kappa shape index (κ1) is 20.9. The summed E-state index contributed by atoms with van der Waals surface area (Å²) >= 11 is 0. The third-order valence-corrected chi connectivity index (χ3v) is 3.87. The average Bonchev–Trinajstić information content (AvgIpc) is 2.64. The summed E-state index contributed by atoms with van der Waals surface area (Å²) in [4.78, 5) is 23.5. The van der Waals surface area contributed by atoms with Crippen LogP contribution in [0.3, 0.4) is 0 Å². The topological polar surface area (TPSA) is 134 Å². The van der Waals surface area contributed by atoms with Crippen LogP contribution in [0.25, 0.3) is 0 Å². The number of hydrogen-bond donors (Lipinski definition) is 4. The van der Waals surface area contributed by atoms with E-state index >= 15 is 0 Å². The summed E-state index contributed by atoms with van der Waals surface area (Å²) in [5.41, 5.74) is 0. The fourth-order valence-electron chi connectivity index (χ4n) is 2.39. The molecule has 2 aromatic carbocycles. The highest BCUT2D eigenvalue weighted by Gasteiger charge is 2.09. The summed E-state index contributed by atoms with van der Waals surface area (Å²) in [7, 11) is 0. The fraction of sp³-hybridized carbons (Fsp3) is 0.300. The number of hydrogen-bond acceptors (Lipinski definition) is 8. The number of carbonyl (C=O) groups excluding carboxylic acids is 2. The molecule has 0 unspecified atom stereocenters. The van der Waals surface area contributed by atoms with Gasteiger partial charge in [-0.05, 0) is 37.1 Å². The zero-order chi connectivity index (χ0) is 20.5. The minimum absolute atomic E-state index is 0.156. The van der Waals surface area contributed by atoms with Crippen LogP contribution in [-0.4, -0.2) is 32.4 Å². The Morgan fingerprint density at radius 3 is 1.36 bits per heavy atom. The maximum absolute atomic E-state index is 11.7. The Labute approximate surface area is 161 Å². The third kappa shape index (κ3) is 6.71. The van der Waals surface area contributed by atoms with Gasteiger partial charge < -0.3 is 29.9 Å².